The van der Waals surface area contributed by atoms with E-state index in [0.29, 0.717) is 0 Å². The van der Waals surface area contributed by atoms with E-state index in [4.69, 9.17) is 0 Å². The third-order valence-corrected chi connectivity index (χ3v) is 3.46. The molecule has 0 aromatic carbocycles. The lowest BCUT2D eigenvalue weighted by molar-refractivity contribution is 0.501. The van der Waals surface area contributed by atoms with Gasteiger partial charge >= 0.3 is 0 Å². The van der Waals surface area contributed by atoms with Crippen molar-refractivity contribution in [1.29, 1.82) is 0 Å². The molecule has 3 nitrogen and oxygen atoms in total. The first-order valence-electron chi connectivity index (χ1n) is 7.75. The summed E-state index contributed by atoms with van der Waals surface area (Å²) in [6.45, 7) is 5.56. The Morgan fingerprint density at radius 2 is 1.56 bits per heavy atom. The van der Waals surface area contributed by atoms with E-state index in [1.54, 1.807) is 0 Å². The lowest BCUT2D eigenvalue weighted by atomic mass is 10.1. The van der Waals surface area contributed by atoms with Gasteiger partial charge < -0.3 is 0 Å². The third kappa shape index (κ3) is 6.18. The van der Waals surface area contributed by atoms with Crippen molar-refractivity contribution in [2.24, 2.45) is 0 Å². The smallest absolute Gasteiger partial charge is 0.0725 e. The molecule has 0 N–H and O–H groups in total. The first-order valence-corrected chi connectivity index (χ1v) is 7.75. The third-order valence-electron chi connectivity index (χ3n) is 3.46. The number of nitrogens with zero attached hydrogens (tertiary/aromatic N) is 3. The van der Waals surface area contributed by atoms with Crippen molar-refractivity contribution in [3.63, 3.8) is 0 Å². The maximum Gasteiger partial charge on any atom is 0.0725 e. The summed E-state index contributed by atoms with van der Waals surface area (Å²) in [5.41, 5.74) is 1.32. The van der Waals surface area contributed by atoms with Crippen LogP contribution in [-0.4, -0.2) is 15.0 Å². The minimum Gasteiger partial charge on any atom is -0.249 e. The SMILES string of the molecule is CCCCCCCn1nncc1CCCCCC. The maximum atomic E-state index is 4.20. The van der Waals surface area contributed by atoms with E-state index < -0.39 is 0 Å². The second kappa shape index (κ2) is 10.1. The number of hydrogen-bond donors (Lipinski definition) is 0. The van der Waals surface area contributed by atoms with Crippen LogP contribution in [0.1, 0.15) is 77.3 Å². The van der Waals surface area contributed by atoms with Crippen LogP contribution in [0.4, 0.5) is 0 Å². The highest BCUT2D eigenvalue weighted by Crippen LogP contribution is 2.09. The Morgan fingerprint density at radius 1 is 0.889 bits per heavy atom. The van der Waals surface area contributed by atoms with Crippen LogP contribution < -0.4 is 0 Å². The van der Waals surface area contributed by atoms with Gasteiger partial charge in [0.1, 0.15) is 0 Å². The molecule has 0 bridgehead atoms. The number of aryl methyl sites for hydroxylation is 2. The molecule has 0 amide bonds. The van der Waals surface area contributed by atoms with Gasteiger partial charge in [-0.25, -0.2) is 4.68 Å². The van der Waals surface area contributed by atoms with Crippen molar-refractivity contribution in [2.75, 3.05) is 0 Å². The molecular weight excluding hydrogens is 222 g/mol. The fourth-order valence-electron chi connectivity index (χ4n) is 2.26. The van der Waals surface area contributed by atoms with Gasteiger partial charge in [-0.3, -0.25) is 0 Å². The number of hydrogen-bond acceptors (Lipinski definition) is 2. The summed E-state index contributed by atoms with van der Waals surface area (Å²) in [6, 6.07) is 0. The van der Waals surface area contributed by atoms with Gasteiger partial charge in [-0.2, -0.15) is 0 Å². The largest absolute Gasteiger partial charge is 0.249 e. The molecule has 0 atom stereocenters. The molecule has 104 valence electrons. The van der Waals surface area contributed by atoms with Crippen LogP contribution in [-0.2, 0) is 13.0 Å². The molecule has 18 heavy (non-hydrogen) atoms. The van der Waals surface area contributed by atoms with E-state index in [2.05, 4.69) is 28.8 Å². The molecule has 0 aliphatic heterocycles. The predicted octanol–water partition coefficient (Wildman–Crippen LogP) is 4.37. The van der Waals surface area contributed by atoms with Crippen molar-refractivity contribution < 1.29 is 0 Å². The van der Waals surface area contributed by atoms with Gasteiger partial charge in [0.25, 0.3) is 0 Å². The molecule has 0 saturated heterocycles. The van der Waals surface area contributed by atoms with E-state index in [1.807, 2.05) is 6.20 Å². The van der Waals surface area contributed by atoms with Crippen LogP contribution >= 0.6 is 0 Å². The zero-order valence-electron chi connectivity index (χ0n) is 12.2. The molecule has 3 heteroatoms. The number of aromatic nitrogens is 3. The minimum absolute atomic E-state index is 1.05. The quantitative estimate of drug-likeness (QED) is 0.547. The van der Waals surface area contributed by atoms with Gasteiger partial charge in [0.05, 0.1) is 11.9 Å². The Balaban J connectivity index is 2.18. The Labute approximate surface area is 112 Å². The molecule has 0 spiro atoms. The van der Waals surface area contributed by atoms with Gasteiger partial charge in [0.2, 0.25) is 0 Å². The lowest BCUT2D eigenvalue weighted by Crippen LogP contribution is -2.05. The summed E-state index contributed by atoms with van der Waals surface area (Å²) in [6.07, 6.45) is 14.9. The highest BCUT2D eigenvalue weighted by atomic mass is 15.4. The second-order valence-corrected chi connectivity index (χ2v) is 5.17. The molecule has 1 aromatic heterocycles. The van der Waals surface area contributed by atoms with Crippen LogP contribution in [0.3, 0.4) is 0 Å². The van der Waals surface area contributed by atoms with Gasteiger partial charge in [0, 0.05) is 6.54 Å². The topological polar surface area (TPSA) is 30.7 Å². The average Bonchev–Trinajstić information content (AvgIpc) is 2.82. The van der Waals surface area contributed by atoms with Crippen LogP contribution in [0.15, 0.2) is 6.20 Å². The van der Waals surface area contributed by atoms with Crippen molar-refractivity contribution in [2.45, 2.75) is 84.6 Å². The van der Waals surface area contributed by atoms with Crippen molar-refractivity contribution in [3.8, 4) is 0 Å². The standard InChI is InChI=1S/C15H29N3/c1-3-5-7-9-11-13-18-15(14-16-17-18)12-10-8-6-4-2/h14H,3-13H2,1-2H3. The fraction of sp³-hybridized carbons (Fsp3) is 0.867. The molecule has 0 aliphatic carbocycles. The summed E-state index contributed by atoms with van der Waals surface area (Å²) in [5, 5.41) is 8.25. The first kappa shape index (κ1) is 15.2. The Hall–Kier alpha value is -0.860. The number of unbranched alkanes of at least 4 members (excludes halogenated alkanes) is 7. The molecule has 0 fully saturated rings. The molecule has 0 saturated carbocycles. The summed E-state index contributed by atoms with van der Waals surface area (Å²) >= 11 is 0. The van der Waals surface area contributed by atoms with E-state index in [1.165, 1.54) is 63.5 Å². The van der Waals surface area contributed by atoms with E-state index in [0.717, 1.165) is 13.0 Å². The summed E-state index contributed by atoms with van der Waals surface area (Å²) in [4.78, 5) is 0. The maximum absolute atomic E-state index is 4.20. The monoisotopic (exact) mass is 251 g/mol. The van der Waals surface area contributed by atoms with Crippen LogP contribution in [0.25, 0.3) is 0 Å². The number of rotatable bonds is 11. The van der Waals surface area contributed by atoms with Crippen LogP contribution in [0, 0.1) is 0 Å². The van der Waals surface area contributed by atoms with Gasteiger partial charge in [-0.15, -0.1) is 5.10 Å². The molecular formula is C15H29N3. The minimum atomic E-state index is 1.05. The highest BCUT2D eigenvalue weighted by molar-refractivity contribution is 4.93. The second-order valence-electron chi connectivity index (χ2n) is 5.17. The first-order chi connectivity index (χ1) is 8.88. The Morgan fingerprint density at radius 3 is 2.28 bits per heavy atom. The summed E-state index contributed by atoms with van der Waals surface area (Å²) < 4.78 is 2.11. The van der Waals surface area contributed by atoms with Crippen LogP contribution in [0.5, 0.6) is 0 Å². The van der Waals surface area contributed by atoms with Crippen molar-refractivity contribution >= 4 is 0 Å². The molecule has 1 rings (SSSR count). The van der Waals surface area contributed by atoms with Gasteiger partial charge in [-0.1, -0.05) is 64.0 Å². The zero-order valence-corrected chi connectivity index (χ0v) is 12.2. The van der Waals surface area contributed by atoms with E-state index >= 15 is 0 Å². The van der Waals surface area contributed by atoms with E-state index in [9.17, 15) is 0 Å². The van der Waals surface area contributed by atoms with E-state index in [-0.39, 0.29) is 0 Å². The average molecular weight is 251 g/mol. The predicted molar refractivity (Wildman–Crippen MR) is 76.6 cm³/mol. The van der Waals surface area contributed by atoms with Gasteiger partial charge in [0.15, 0.2) is 0 Å². The summed E-state index contributed by atoms with van der Waals surface area (Å²) in [5.74, 6) is 0. The summed E-state index contributed by atoms with van der Waals surface area (Å²) in [7, 11) is 0. The Bertz CT molecular complexity index is 294. The Kier molecular flexibility index (Phi) is 8.53. The molecule has 0 aliphatic rings. The van der Waals surface area contributed by atoms with Crippen molar-refractivity contribution in [3.05, 3.63) is 11.9 Å². The van der Waals surface area contributed by atoms with Crippen molar-refractivity contribution in [1.82, 2.24) is 15.0 Å². The highest BCUT2D eigenvalue weighted by Gasteiger charge is 2.03. The van der Waals surface area contributed by atoms with Gasteiger partial charge in [-0.05, 0) is 19.3 Å². The molecule has 0 radical (unpaired) electrons. The lowest BCUT2D eigenvalue weighted by Gasteiger charge is -2.06. The fourth-order valence-corrected chi connectivity index (χ4v) is 2.26. The van der Waals surface area contributed by atoms with Crippen LogP contribution in [0.2, 0.25) is 0 Å². The molecule has 0 unspecified atom stereocenters. The zero-order chi connectivity index (χ0) is 13.1. The normalized spacial score (nSPS) is 11.0. The molecule has 1 aromatic rings. The molecule has 1 heterocycles.